The molecule has 1 unspecified atom stereocenters. The van der Waals surface area contributed by atoms with Crippen LogP contribution >= 0.6 is 0 Å². The first kappa shape index (κ1) is 17.4. The lowest BCUT2D eigenvalue weighted by atomic mass is 9.97. The molecule has 2 aromatic rings. The fourth-order valence-electron chi connectivity index (χ4n) is 3.34. The number of fused-ring (bicyclic) bond motifs is 1. The Bertz CT molecular complexity index is 901. The molecular formula is C18H23N3O4. The predicted molar refractivity (Wildman–Crippen MR) is 94.7 cm³/mol. The molecule has 1 N–H and O–H groups in total. The second-order valence-electron chi connectivity index (χ2n) is 6.75. The minimum Gasteiger partial charge on any atom is -0.378 e. The number of likely N-dealkylation sites (tertiary alicyclic amines) is 1. The number of carbonyl (C=O) groups is 1. The van der Waals surface area contributed by atoms with Gasteiger partial charge in [0.25, 0.3) is 5.56 Å². The number of hydrogen-bond acceptors (Lipinski definition) is 4. The minimum atomic E-state index is -0.561. The molecule has 1 saturated heterocycles. The highest BCUT2D eigenvalue weighted by Gasteiger charge is 2.29. The fraction of sp³-hybridized carbons (Fsp3) is 0.500. The number of aromatic amines is 1. The molecule has 134 valence electrons. The lowest BCUT2D eigenvalue weighted by Gasteiger charge is -2.26. The van der Waals surface area contributed by atoms with E-state index < -0.39 is 11.2 Å². The molecule has 3 rings (SSSR count). The van der Waals surface area contributed by atoms with Crippen LogP contribution in [-0.2, 0) is 16.1 Å². The summed E-state index contributed by atoms with van der Waals surface area (Å²) in [7, 11) is 1.70. The van der Waals surface area contributed by atoms with E-state index in [1.807, 2.05) is 0 Å². The number of nitrogens with one attached hydrogen (secondary N) is 1. The number of amides is 1. The Balaban J connectivity index is 1.86. The van der Waals surface area contributed by atoms with E-state index in [4.69, 9.17) is 4.74 Å². The van der Waals surface area contributed by atoms with E-state index in [1.54, 1.807) is 36.3 Å². The largest absolute Gasteiger partial charge is 0.378 e. The molecule has 0 radical (unpaired) electrons. The van der Waals surface area contributed by atoms with Gasteiger partial charge in [-0.1, -0.05) is 12.1 Å². The Hall–Kier alpha value is -2.41. The summed E-state index contributed by atoms with van der Waals surface area (Å²) in [6.07, 6.45) is 2.52. The van der Waals surface area contributed by atoms with Crippen LogP contribution in [0.15, 0.2) is 33.9 Å². The number of para-hydroxylation sites is 1. The monoisotopic (exact) mass is 345 g/mol. The molecule has 0 bridgehead atoms. The molecule has 2 heterocycles. The van der Waals surface area contributed by atoms with Crippen LogP contribution < -0.4 is 11.2 Å². The van der Waals surface area contributed by atoms with Gasteiger partial charge in [0.05, 0.1) is 16.5 Å². The van der Waals surface area contributed by atoms with Gasteiger partial charge in [0, 0.05) is 20.2 Å². The molecule has 0 aliphatic carbocycles. The average Bonchev–Trinajstić information content (AvgIpc) is 2.81. The van der Waals surface area contributed by atoms with Crippen molar-refractivity contribution in [1.82, 2.24) is 14.5 Å². The number of hydrogen-bond donors (Lipinski definition) is 1. The third kappa shape index (κ3) is 3.51. The van der Waals surface area contributed by atoms with Gasteiger partial charge in [-0.05, 0) is 38.3 Å². The lowest BCUT2D eigenvalue weighted by molar-refractivity contribution is -0.132. The summed E-state index contributed by atoms with van der Waals surface area (Å²) in [5, 5.41) is 0.401. The Labute approximate surface area is 145 Å². The number of methoxy groups -OCH3 is 1. The van der Waals surface area contributed by atoms with Gasteiger partial charge >= 0.3 is 5.69 Å². The Morgan fingerprint density at radius 3 is 2.76 bits per heavy atom. The van der Waals surface area contributed by atoms with Gasteiger partial charge in [-0.25, -0.2) is 4.79 Å². The molecule has 1 fully saturated rings. The summed E-state index contributed by atoms with van der Waals surface area (Å²) in [6.45, 7) is 3.22. The molecule has 0 saturated carbocycles. The minimum absolute atomic E-state index is 0.0835. The first-order chi connectivity index (χ1) is 11.9. The van der Waals surface area contributed by atoms with E-state index in [2.05, 4.69) is 11.9 Å². The van der Waals surface area contributed by atoms with Crippen LogP contribution in [0, 0.1) is 0 Å². The number of aromatic nitrogens is 2. The van der Waals surface area contributed by atoms with E-state index in [1.165, 1.54) is 4.57 Å². The van der Waals surface area contributed by atoms with Crippen LogP contribution in [0.25, 0.3) is 10.9 Å². The fourth-order valence-corrected chi connectivity index (χ4v) is 3.34. The topological polar surface area (TPSA) is 84.4 Å². The van der Waals surface area contributed by atoms with Crippen LogP contribution in [-0.4, -0.2) is 46.2 Å². The number of rotatable bonds is 3. The second-order valence-corrected chi connectivity index (χ2v) is 6.75. The molecular weight excluding hydrogens is 322 g/mol. The highest BCUT2D eigenvalue weighted by Crippen LogP contribution is 2.25. The van der Waals surface area contributed by atoms with Gasteiger partial charge in [-0.15, -0.1) is 0 Å². The van der Waals surface area contributed by atoms with E-state index in [0.717, 1.165) is 19.3 Å². The third-order valence-electron chi connectivity index (χ3n) is 5.09. The van der Waals surface area contributed by atoms with Crippen molar-refractivity contribution >= 4 is 16.8 Å². The van der Waals surface area contributed by atoms with Crippen molar-refractivity contribution < 1.29 is 9.53 Å². The normalized spacial score (nSPS) is 21.3. The third-order valence-corrected chi connectivity index (χ3v) is 5.09. The second kappa shape index (κ2) is 6.84. The lowest BCUT2D eigenvalue weighted by Crippen LogP contribution is -2.40. The van der Waals surface area contributed by atoms with Gasteiger partial charge in [0.15, 0.2) is 0 Å². The number of carbonyl (C=O) groups excluding carboxylic acids is 1. The summed E-state index contributed by atoms with van der Waals surface area (Å²) >= 11 is 0. The molecule has 1 aliphatic rings. The quantitative estimate of drug-likeness (QED) is 0.903. The van der Waals surface area contributed by atoms with Gasteiger partial charge in [0.2, 0.25) is 5.91 Å². The maximum Gasteiger partial charge on any atom is 0.329 e. The summed E-state index contributed by atoms with van der Waals surface area (Å²) in [6, 6.07) is 6.81. The zero-order valence-electron chi connectivity index (χ0n) is 14.6. The molecule has 1 aromatic heterocycles. The van der Waals surface area contributed by atoms with Gasteiger partial charge < -0.3 is 9.64 Å². The smallest absolute Gasteiger partial charge is 0.329 e. The Morgan fingerprint density at radius 2 is 2.00 bits per heavy atom. The molecule has 25 heavy (non-hydrogen) atoms. The van der Waals surface area contributed by atoms with E-state index in [0.29, 0.717) is 24.0 Å². The summed E-state index contributed by atoms with van der Waals surface area (Å²) < 4.78 is 6.89. The van der Waals surface area contributed by atoms with Crippen molar-refractivity contribution in [2.24, 2.45) is 0 Å². The van der Waals surface area contributed by atoms with Gasteiger partial charge in [-0.3, -0.25) is 19.1 Å². The molecule has 7 heteroatoms. The number of H-pyrrole nitrogens is 1. The van der Waals surface area contributed by atoms with Crippen molar-refractivity contribution in [1.29, 1.82) is 0 Å². The van der Waals surface area contributed by atoms with Crippen molar-refractivity contribution in [3.8, 4) is 0 Å². The van der Waals surface area contributed by atoms with Gasteiger partial charge in [0.1, 0.15) is 6.54 Å². The van der Waals surface area contributed by atoms with E-state index in [-0.39, 0.29) is 18.1 Å². The van der Waals surface area contributed by atoms with E-state index >= 15 is 0 Å². The maximum atomic E-state index is 12.7. The molecule has 7 nitrogen and oxygen atoms in total. The molecule has 1 aliphatic heterocycles. The molecule has 0 spiro atoms. The van der Waals surface area contributed by atoms with Crippen LogP contribution in [0.5, 0.6) is 0 Å². The van der Waals surface area contributed by atoms with Crippen LogP contribution in [0.4, 0.5) is 0 Å². The van der Waals surface area contributed by atoms with Crippen molar-refractivity contribution in [2.45, 2.75) is 38.3 Å². The summed E-state index contributed by atoms with van der Waals surface area (Å²) in [5.74, 6) is -0.125. The molecule has 1 amide bonds. The number of nitrogens with zero attached hydrogens (tertiary/aromatic N) is 2. The van der Waals surface area contributed by atoms with E-state index in [9.17, 15) is 14.4 Å². The Morgan fingerprint density at radius 1 is 1.24 bits per heavy atom. The van der Waals surface area contributed by atoms with Crippen LogP contribution in [0.1, 0.15) is 26.2 Å². The zero-order chi connectivity index (χ0) is 18.0. The predicted octanol–water partition coefficient (Wildman–Crippen LogP) is 1.11. The van der Waals surface area contributed by atoms with Crippen molar-refractivity contribution in [3.63, 3.8) is 0 Å². The van der Waals surface area contributed by atoms with Crippen molar-refractivity contribution in [2.75, 3.05) is 20.2 Å². The van der Waals surface area contributed by atoms with Gasteiger partial charge in [-0.2, -0.15) is 0 Å². The first-order valence-corrected chi connectivity index (χ1v) is 8.48. The van der Waals surface area contributed by atoms with Crippen molar-refractivity contribution in [3.05, 3.63) is 45.1 Å². The standard InChI is InChI=1S/C18H23N3O4/c1-18(25-2)8-5-10-20(11-9-18)15(22)12-21-14-7-4-3-6-13(14)16(23)19-17(21)24/h3-4,6-7H,5,8-12H2,1-2H3,(H,19,23,24). The highest BCUT2D eigenvalue weighted by molar-refractivity contribution is 5.81. The first-order valence-electron chi connectivity index (χ1n) is 8.48. The summed E-state index contributed by atoms with van der Waals surface area (Å²) in [5.41, 5.74) is -0.735. The summed E-state index contributed by atoms with van der Waals surface area (Å²) in [4.78, 5) is 40.9. The van der Waals surface area contributed by atoms with Crippen LogP contribution in [0.3, 0.4) is 0 Å². The highest BCUT2D eigenvalue weighted by atomic mass is 16.5. The molecule has 1 atom stereocenters. The Kier molecular flexibility index (Phi) is 4.76. The van der Waals surface area contributed by atoms with Crippen LogP contribution in [0.2, 0.25) is 0 Å². The number of benzene rings is 1. The SMILES string of the molecule is COC1(C)CCCN(C(=O)Cn2c(=O)[nH]c(=O)c3ccccc32)CC1. The average molecular weight is 345 g/mol. The maximum absolute atomic E-state index is 12.7. The zero-order valence-corrected chi connectivity index (χ0v) is 14.6. The molecule has 1 aromatic carbocycles. The number of ether oxygens (including phenoxy) is 1.